The molecule has 1 heterocycles. The minimum Gasteiger partial charge on any atom is -0.399 e. The van der Waals surface area contributed by atoms with Crippen LogP contribution in [0.2, 0.25) is 0 Å². The summed E-state index contributed by atoms with van der Waals surface area (Å²) in [4.78, 5) is 0. The quantitative estimate of drug-likeness (QED) is 0.467. The molecule has 1 aliphatic heterocycles. The zero-order chi connectivity index (χ0) is 22.3. The predicted octanol–water partition coefficient (Wildman–Crippen LogP) is 6.24. The van der Waals surface area contributed by atoms with Gasteiger partial charge in [0.2, 0.25) is 0 Å². The molecule has 3 nitrogen and oxygen atoms in total. The summed E-state index contributed by atoms with van der Waals surface area (Å²) in [6, 6.07) is 22.9. The summed E-state index contributed by atoms with van der Waals surface area (Å²) in [5.74, 6) is 0.749. The Hall–Kier alpha value is -2.61. The average molecular weight is 423 g/mol. The van der Waals surface area contributed by atoms with Crippen LogP contribution >= 0.6 is 0 Å². The van der Waals surface area contributed by atoms with E-state index >= 15 is 0 Å². The van der Waals surface area contributed by atoms with Gasteiger partial charge in [0.25, 0.3) is 0 Å². The van der Waals surface area contributed by atoms with E-state index in [-0.39, 0.29) is 18.3 Å². The van der Waals surface area contributed by atoms with E-state index in [9.17, 15) is 0 Å². The summed E-state index contributed by atoms with van der Waals surface area (Å²) in [6.07, 6.45) is 6.40. The van der Waals surface area contributed by atoms with E-state index in [2.05, 4.69) is 63.2 Å². The zero-order valence-corrected chi connectivity index (χ0v) is 19.2. The lowest BCUT2D eigenvalue weighted by atomic mass is 9.78. The van der Waals surface area contributed by atoms with Gasteiger partial charge in [-0.1, -0.05) is 68.1 Å². The van der Waals surface area contributed by atoms with Crippen molar-refractivity contribution in [2.24, 2.45) is 5.92 Å². The fourth-order valence-electron chi connectivity index (χ4n) is 5.32. The first-order chi connectivity index (χ1) is 15.4. The van der Waals surface area contributed by atoms with Crippen LogP contribution in [0.5, 0.6) is 0 Å². The molecule has 1 saturated carbocycles. The van der Waals surface area contributed by atoms with Crippen LogP contribution in [-0.2, 0) is 9.31 Å². The SMILES string of the molecule is CC1(C)OB(c2ccc3cc(-c4ccc(C#N)cc4)ccc3c2)OC1(C)CC1CCCC1. The molecule has 1 saturated heterocycles. The van der Waals surface area contributed by atoms with Crippen molar-refractivity contribution in [1.29, 1.82) is 5.26 Å². The van der Waals surface area contributed by atoms with E-state index in [1.54, 1.807) is 0 Å². The summed E-state index contributed by atoms with van der Waals surface area (Å²) in [5, 5.41) is 11.4. The van der Waals surface area contributed by atoms with Gasteiger partial charge in [-0.2, -0.15) is 5.26 Å². The van der Waals surface area contributed by atoms with Crippen LogP contribution in [0.15, 0.2) is 60.7 Å². The molecule has 0 radical (unpaired) electrons. The van der Waals surface area contributed by atoms with Crippen LogP contribution in [0.3, 0.4) is 0 Å². The molecule has 5 rings (SSSR count). The fourth-order valence-corrected chi connectivity index (χ4v) is 5.32. The molecule has 3 aromatic rings. The Balaban J connectivity index is 1.39. The summed E-state index contributed by atoms with van der Waals surface area (Å²) in [5.41, 5.74) is 3.41. The Kier molecular flexibility index (Phi) is 5.36. The van der Waals surface area contributed by atoms with E-state index in [1.165, 1.54) is 36.5 Å². The minimum atomic E-state index is -0.334. The van der Waals surface area contributed by atoms with Gasteiger partial charge in [0, 0.05) is 0 Å². The van der Waals surface area contributed by atoms with Crippen molar-refractivity contribution in [3.8, 4) is 17.2 Å². The van der Waals surface area contributed by atoms with Crippen LogP contribution in [0.25, 0.3) is 21.9 Å². The molecule has 4 heteroatoms. The Morgan fingerprint density at radius 2 is 1.53 bits per heavy atom. The standard InChI is InChI=1S/C28H30BNO2/c1-27(2)28(3,18-20-6-4-5-7-20)32-29(31-27)26-15-14-24-16-23(12-13-25(24)17-26)22-10-8-21(19-30)9-11-22/h8-17,20H,4-7,18H2,1-3H3. The van der Waals surface area contributed by atoms with E-state index in [0.717, 1.165) is 28.9 Å². The maximum absolute atomic E-state index is 9.02. The Morgan fingerprint density at radius 1 is 0.875 bits per heavy atom. The highest BCUT2D eigenvalue weighted by molar-refractivity contribution is 6.62. The predicted molar refractivity (Wildman–Crippen MR) is 131 cm³/mol. The monoisotopic (exact) mass is 423 g/mol. The summed E-state index contributed by atoms with van der Waals surface area (Å²) < 4.78 is 13.1. The fraction of sp³-hybridized carbons (Fsp3) is 0.393. The molecule has 2 fully saturated rings. The molecular formula is C28H30BNO2. The number of hydrogen-bond acceptors (Lipinski definition) is 3. The van der Waals surface area contributed by atoms with Gasteiger partial charge >= 0.3 is 7.12 Å². The Bertz CT molecular complexity index is 1170. The topological polar surface area (TPSA) is 42.2 Å². The van der Waals surface area contributed by atoms with E-state index < -0.39 is 0 Å². The van der Waals surface area contributed by atoms with Gasteiger partial charge in [-0.3, -0.25) is 0 Å². The molecule has 162 valence electrons. The van der Waals surface area contributed by atoms with Crippen molar-refractivity contribution >= 4 is 23.4 Å². The number of fused-ring (bicyclic) bond motifs is 1. The van der Waals surface area contributed by atoms with Gasteiger partial charge in [0.15, 0.2) is 0 Å². The molecule has 0 bridgehead atoms. The lowest BCUT2D eigenvalue weighted by Crippen LogP contribution is -2.46. The van der Waals surface area contributed by atoms with Gasteiger partial charge in [-0.15, -0.1) is 0 Å². The molecule has 1 unspecified atom stereocenters. The van der Waals surface area contributed by atoms with Crippen molar-refractivity contribution in [2.75, 3.05) is 0 Å². The second kappa shape index (κ2) is 8.07. The number of hydrogen-bond donors (Lipinski definition) is 0. The number of benzene rings is 3. The molecular weight excluding hydrogens is 393 g/mol. The lowest BCUT2D eigenvalue weighted by Gasteiger charge is -2.38. The molecule has 3 aromatic carbocycles. The Labute approximate surface area is 191 Å². The largest absolute Gasteiger partial charge is 0.494 e. The third-order valence-corrected chi connectivity index (χ3v) is 7.68. The first-order valence-corrected chi connectivity index (χ1v) is 11.8. The number of nitriles is 1. The number of rotatable bonds is 4. The highest BCUT2D eigenvalue weighted by Crippen LogP contribution is 2.44. The molecule has 0 N–H and O–H groups in total. The van der Waals surface area contributed by atoms with Crippen LogP contribution in [0.1, 0.15) is 58.4 Å². The second-order valence-electron chi connectivity index (χ2n) is 10.2. The second-order valence-corrected chi connectivity index (χ2v) is 10.2. The third-order valence-electron chi connectivity index (χ3n) is 7.68. The van der Waals surface area contributed by atoms with Gasteiger partial charge in [-0.05, 0) is 78.7 Å². The molecule has 0 spiro atoms. The number of nitrogens with zero attached hydrogens (tertiary/aromatic N) is 1. The first-order valence-electron chi connectivity index (χ1n) is 11.8. The van der Waals surface area contributed by atoms with Crippen LogP contribution in [0.4, 0.5) is 0 Å². The van der Waals surface area contributed by atoms with Crippen molar-refractivity contribution < 1.29 is 9.31 Å². The van der Waals surface area contributed by atoms with E-state index in [4.69, 9.17) is 14.6 Å². The third kappa shape index (κ3) is 3.85. The maximum atomic E-state index is 9.02. The van der Waals surface area contributed by atoms with Crippen molar-refractivity contribution in [3.05, 3.63) is 66.2 Å². The van der Waals surface area contributed by atoms with Crippen molar-refractivity contribution in [2.45, 2.75) is 64.1 Å². The first kappa shape index (κ1) is 21.3. The molecule has 32 heavy (non-hydrogen) atoms. The summed E-state index contributed by atoms with van der Waals surface area (Å²) >= 11 is 0. The molecule has 1 atom stereocenters. The average Bonchev–Trinajstić information content (AvgIpc) is 3.38. The summed E-state index contributed by atoms with van der Waals surface area (Å²) in [6.45, 7) is 6.58. The maximum Gasteiger partial charge on any atom is 0.494 e. The molecule has 0 amide bonds. The van der Waals surface area contributed by atoms with Crippen LogP contribution < -0.4 is 5.46 Å². The molecule has 0 aromatic heterocycles. The van der Waals surface area contributed by atoms with Crippen LogP contribution in [-0.4, -0.2) is 18.3 Å². The Morgan fingerprint density at radius 3 is 2.25 bits per heavy atom. The molecule has 1 aliphatic carbocycles. The highest BCUT2D eigenvalue weighted by Gasteiger charge is 2.55. The van der Waals surface area contributed by atoms with E-state index in [1.807, 2.05) is 24.3 Å². The summed E-state index contributed by atoms with van der Waals surface area (Å²) in [7, 11) is -0.334. The van der Waals surface area contributed by atoms with Crippen LogP contribution in [0, 0.1) is 17.2 Å². The van der Waals surface area contributed by atoms with Crippen molar-refractivity contribution in [3.63, 3.8) is 0 Å². The van der Waals surface area contributed by atoms with Gasteiger partial charge < -0.3 is 9.31 Å². The van der Waals surface area contributed by atoms with Gasteiger partial charge in [-0.25, -0.2) is 0 Å². The lowest BCUT2D eigenvalue weighted by molar-refractivity contribution is -0.0264. The zero-order valence-electron chi connectivity index (χ0n) is 19.2. The highest BCUT2D eigenvalue weighted by atomic mass is 16.7. The normalized spacial score (nSPS) is 23.0. The van der Waals surface area contributed by atoms with Gasteiger partial charge in [0.1, 0.15) is 0 Å². The smallest absolute Gasteiger partial charge is 0.399 e. The van der Waals surface area contributed by atoms with Crippen molar-refractivity contribution in [1.82, 2.24) is 0 Å². The van der Waals surface area contributed by atoms with Gasteiger partial charge in [0.05, 0.1) is 22.8 Å². The minimum absolute atomic E-state index is 0.277. The van der Waals surface area contributed by atoms with E-state index in [0.29, 0.717) is 5.56 Å². The molecule has 2 aliphatic rings.